The van der Waals surface area contributed by atoms with Crippen LogP contribution in [0.15, 0.2) is 36.5 Å². The van der Waals surface area contributed by atoms with Crippen LogP contribution in [0.2, 0.25) is 0 Å². The molecular weight excluding hydrogens is 358 g/mol. The van der Waals surface area contributed by atoms with E-state index >= 15 is 0 Å². The summed E-state index contributed by atoms with van der Waals surface area (Å²) in [5.74, 6) is -0.0358. The van der Waals surface area contributed by atoms with Crippen molar-refractivity contribution in [2.75, 3.05) is 43.6 Å². The van der Waals surface area contributed by atoms with Crippen LogP contribution in [0.5, 0.6) is 5.75 Å². The molecule has 0 saturated carbocycles. The van der Waals surface area contributed by atoms with Crippen LogP contribution in [-0.2, 0) is 9.47 Å². The van der Waals surface area contributed by atoms with Crippen molar-refractivity contribution in [3.63, 3.8) is 0 Å². The molecule has 2 saturated heterocycles. The monoisotopic (exact) mass is 383 g/mol. The smallest absolute Gasteiger partial charge is 0.274 e. The quantitative estimate of drug-likeness (QED) is 0.875. The molecule has 2 aliphatic heterocycles. The molecule has 0 radical (unpaired) electrons. The second-order valence-electron chi connectivity index (χ2n) is 7.15. The van der Waals surface area contributed by atoms with Crippen LogP contribution in [0.1, 0.15) is 28.9 Å². The van der Waals surface area contributed by atoms with E-state index in [0.29, 0.717) is 30.3 Å². The van der Waals surface area contributed by atoms with E-state index in [9.17, 15) is 4.79 Å². The van der Waals surface area contributed by atoms with Gasteiger partial charge in [0.05, 0.1) is 37.9 Å². The number of carbonyl (C=O) groups excluding carboxylic acids is 1. The lowest BCUT2D eigenvalue weighted by Crippen LogP contribution is -2.45. The standard InChI is InChI=1S/C21H25N3O4/c1-15-3-6-19(26-2)18(13-15)23-20(25)17-5-4-16(14-22-17)24-9-7-21(8-10-24)27-11-12-28-21/h3-6,13-14H,7-12H2,1-2H3,(H,23,25). The normalized spacial score (nSPS) is 18.3. The Bertz CT molecular complexity index is 837. The minimum absolute atomic E-state index is 0.263. The van der Waals surface area contributed by atoms with Crippen LogP contribution in [0.3, 0.4) is 0 Å². The summed E-state index contributed by atoms with van der Waals surface area (Å²) in [7, 11) is 1.58. The first-order valence-corrected chi connectivity index (χ1v) is 9.53. The summed E-state index contributed by atoms with van der Waals surface area (Å²) in [5, 5.41) is 2.88. The highest BCUT2D eigenvalue weighted by Gasteiger charge is 2.39. The number of amides is 1. The molecule has 7 nitrogen and oxygen atoms in total. The molecule has 2 fully saturated rings. The molecule has 0 atom stereocenters. The second kappa shape index (κ2) is 7.77. The molecule has 4 rings (SSSR count). The van der Waals surface area contributed by atoms with Gasteiger partial charge in [0.2, 0.25) is 0 Å². The van der Waals surface area contributed by atoms with E-state index in [0.717, 1.165) is 37.2 Å². The van der Waals surface area contributed by atoms with Gasteiger partial charge in [-0.3, -0.25) is 4.79 Å². The minimum atomic E-state index is -0.392. The van der Waals surface area contributed by atoms with Gasteiger partial charge in [0.1, 0.15) is 11.4 Å². The van der Waals surface area contributed by atoms with Crippen molar-refractivity contribution in [3.05, 3.63) is 47.8 Å². The Kier molecular flexibility index (Phi) is 5.19. The van der Waals surface area contributed by atoms with Crippen molar-refractivity contribution in [2.24, 2.45) is 0 Å². The van der Waals surface area contributed by atoms with Gasteiger partial charge in [-0.1, -0.05) is 6.07 Å². The molecule has 0 unspecified atom stereocenters. The lowest BCUT2D eigenvalue weighted by Gasteiger charge is -2.38. The number of ether oxygens (including phenoxy) is 3. The summed E-state index contributed by atoms with van der Waals surface area (Å²) in [4.78, 5) is 19.2. The summed E-state index contributed by atoms with van der Waals surface area (Å²) in [6.45, 7) is 5.00. The maximum Gasteiger partial charge on any atom is 0.274 e. The van der Waals surface area contributed by atoms with E-state index in [1.807, 2.05) is 31.2 Å². The highest BCUT2D eigenvalue weighted by Crippen LogP contribution is 2.33. The SMILES string of the molecule is COc1ccc(C)cc1NC(=O)c1ccc(N2CCC3(CC2)OCCO3)cn1. The molecule has 0 aliphatic carbocycles. The molecule has 1 amide bonds. The van der Waals surface area contributed by atoms with Gasteiger partial charge in [-0.25, -0.2) is 4.98 Å². The van der Waals surface area contributed by atoms with Gasteiger partial charge in [0.25, 0.3) is 5.91 Å². The average molecular weight is 383 g/mol. The van der Waals surface area contributed by atoms with Crippen molar-refractivity contribution >= 4 is 17.3 Å². The van der Waals surface area contributed by atoms with E-state index < -0.39 is 5.79 Å². The summed E-state index contributed by atoms with van der Waals surface area (Å²) < 4.78 is 16.9. The minimum Gasteiger partial charge on any atom is -0.495 e. The number of aryl methyl sites for hydroxylation is 1. The molecule has 2 aromatic rings. The number of nitrogens with zero attached hydrogens (tertiary/aromatic N) is 2. The molecule has 7 heteroatoms. The van der Waals surface area contributed by atoms with E-state index in [4.69, 9.17) is 14.2 Å². The van der Waals surface area contributed by atoms with Crippen molar-refractivity contribution < 1.29 is 19.0 Å². The number of nitrogens with one attached hydrogen (secondary N) is 1. The van der Waals surface area contributed by atoms with E-state index in [1.54, 1.807) is 19.4 Å². The Hall–Kier alpha value is -2.64. The Morgan fingerprint density at radius 3 is 2.57 bits per heavy atom. The van der Waals surface area contributed by atoms with Gasteiger partial charge in [-0.05, 0) is 36.8 Å². The predicted molar refractivity (Wildman–Crippen MR) is 106 cm³/mol. The number of hydrogen-bond donors (Lipinski definition) is 1. The molecular formula is C21H25N3O4. The molecule has 1 N–H and O–H groups in total. The molecule has 1 aromatic carbocycles. The number of carbonyl (C=O) groups is 1. The number of piperidine rings is 1. The zero-order valence-electron chi connectivity index (χ0n) is 16.2. The second-order valence-corrected chi connectivity index (χ2v) is 7.15. The number of benzene rings is 1. The van der Waals surface area contributed by atoms with Crippen LogP contribution in [0.4, 0.5) is 11.4 Å². The predicted octanol–water partition coefficient (Wildman–Crippen LogP) is 2.99. The molecule has 28 heavy (non-hydrogen) atoms. The summed E-state index contributed by atoms with van der Waals surface area (Å²) >= 11 is 0. The van der Waals surface area contributed by atoms with Gasteiger partial charge in [-0.2, -0.15) is 0 Å². The first-order chi connectivity index (χ1) is 13.6. The third-order valence-electron chi connectivity index (χ3n) is 5.29. The maximum absolute atomic E-state index is 12.6. The topological polar surface area (TPSA) is 72.9 Å². The van der Waals surface area contributed by atoms with Gasteiger partial charge in [-0.15, -0.1) is 0 Å². The summed E-state index contributed by atoms with van der Waals surface area (Å²) in [5.41, 5.74) is 3.04. The number of methoxy groups -OCH3 is 1. The molecule has 2 aliphatic rings. The summed E-state index contributed by atoms with van der Waals surface area (Å²) in [6, 6.07) is 9.33. The van der Waals surface area contributed by atoms with E-state index in [2.05, 4.69) is 15.2 Å². The molecule has 1 spiro atoms. The molecule has 0 bridgehead atoms. The van der Waals surface area contributed by atoms with E-state index in [1.165, 1.54) is 0 Å². The average Bonchev–Trinajstić information content (AvgIpc) is 3.17. The Labute approximate surface area is 164 Å². The van der Waals surface area contributed by atoms with Gasteiger partial charge in [0, 0.05) is 25.9 Å². The number of hydrogen-bond acceptors (Lipinski definition) is 6. The van der Waals surface area contributed by atoms with Crippen molar-refractivity contribution in [1.29, 1.82) is 0 Å². The van der Waals surface area contributed by atoms with Gasteiger partial charge < -0.3 is 24.4 Å². The fourth-order valence-electron chi connectivity index (χ4n) is 3.70. The highest BCUT2D eigenvalue weighted by molar-refractivity contribution is 6.03. The summed E-state index contributed by atoms with van der Waals surface area (Å²) in [6.07, 6.45) is 3.42. The fraction of sp³-hybridized carbons (Fsp3) is 0.429. The van der Waals surface area contributed by atoms with Gasteiger partial charge >= 0.3 is 0 Å². The molecule has 1 aromatic heterocycles. The van der Waals surface area contributed by atoms with Crippen LogP contribution < -0.4 is 15.0 Å². The Morgan fingerprint density at radius 2 is 1.93 bits per heavy atom. The zero-order valence-corrected chi connectivity index (χ0v) is 16.2. The van der Waals surface area contributed by atoms with Crippen LogP contribution in [0.25, 0.3) is 0 Å². The molecule has 3 heterocycles. The van der Waals surface area contributed by atoms with Gasteiger partial charge in [0.15, 0.2) is 5.79 Å². The van der Waals surface area contributed by atoms with Crippen LogP contribution in [-0.4, -0.2) is 50.1 Å². The van der Waals surface area contributed by atoms with Crippen LogP contribution >= 0.6 is 0 Å². The molecule has 148 valence electrons. The Balaban J connectivity index is 1.41. The fourth-order valence-corrected chi connectivity index (χ4v) is 3.70. The first kappa shape index (κ1) is 18.7. The number of anilines is 2. The zero-order chi connectivity index (χ0) is 19.6. The van der Waals surface area contributed by atoms with Crippen LogP contribution in [0, 0.1) is 6.92 Å². The first-order valence-electron chi connectivity index (χ1n) is 9.53. The number of aromatic nitrogens is 1. The van der Waals surface area contributed by atoms with Crippen molar-refractivity contribution in [1.82, 2.24) is 4.98 Å². The highest BCUT2D eigenvalue weighted by atomic mass is 16.7. The van der Waals surface area contributed by atoms with E-state index in [-0.39, 0.29) is 5.91 Å². The number of rotatable bonds is 4. The largest absolute Gasteiger partial charge is 0.495 e. The number of pyridine rings is 1. The lowest BCUT2D eigenvalue weighted by atomic mass is 10.0. The van der Waals surface area contributed by atoms with Crippen molar-refractivity contribution in [3.8, 4) is 5.75 Å². The third-order valence-corrected chi connectivity index (χ3v) is 5.29. The maximum atomic E-state index is 12.6. The lowest BCUT2D eigenvalue weighted by molar-refractivity contribution is -0.169. The Morgan fingerprint density at radius 1 is 1.18 bits per heavy atom. The third kappa shape index (κ3) is 3.81. The van der Waals surface area contributed by atoms with Crippen molar-refractivity contribution in [2.45, 2.75) is 25.6 Å².